The molecule has 154 valence electrons. The Hall–Kier alpha value is -3.72. The number of aromatic nitrogens is 7. The third-order valence-corrected chi connectivity index (χ3v) is 5.70. The molecule has 9 heteroatoms. The van der Waals surface area contributed by atoms with Crippen LogP contribution in [0.4, 0.5) is 4.39 Å². The molecule has 1 saturated heterocycles. The minimum Gasteiger partial charge on any atom is -0.335 e. The van der Waals surface area contributed by atoms with Gasteiger partial charge >= 0.3 is 0 Å². The van der Waals surface area contributed by atoms with Crippen molar-refractivity contribution in [3.05, 3.63) is 54.4 Å². The lowest BCUT2D eigenvalue weighted by Gasteiger charge is -2.14. The Bertz CT molecular complexity index is 1370. The first-order chi connectivity index (χ1) is 15.3. The van der Waals surface area contributed by atoms with Crippen molar-refractivity contribution in [1.82, 2.24) is 40.0 Å². The van der Waals surface area contributed by atoms with Gasteiger partial charge in [0.1, 0.15) is 11.4 Å². The maximum absolute atomic E-state index is 15.7. The zero-order chi connectivity index (χ0) is 20.8. The van der Waals surface area contributed by atoms with Gasteiger partial charge in [-0.25, -0.2) is 14.4 Å². The number of H-pyrrole nitrogens is 2. The number of nitrogens with zero attached hydrogens (tertiary/aromatic N) is 6. The Kier molecular flexibility index (Phi) is 4.20. The van der Waals surface area contributed by atoms with Gasteiger partial charge in [-0.1, -0.05) is 0 Å². The van der Waals surface area contributed by atoms with Crippen LogP contribution >= 0.6 is 0 Å². The Balaban J connectivity index is 1.44. The SMILES string of the molecule is Fc1c(-c2cncc(CN3CCCC3)c2)ncc2[nH]nc(-c3nc4ncccc4[nH]3)c12. The van der Waals surface area contributed by atoms with Gasteiger partial charge in [-0.3, -0.25) is 20.0 Å². The zero-order valence-electron chi connectivity index (χ0n) is 16.6. The number of hydrogen-bond donors (Lipinski definition) is 2. The molecular formula is C22H19FN8. The maximum Gasteiger partial charge on any atom is 0.178 e. The van der Waals surface area contributed by atoms with Gasteiger partial charge in [0, 0.05) is 30.7 Å². The molecule has 5 aromatic heterocycles. The highest BCUT2D eigenvalue weighted by Gasteiger charge is 2.21. The number of likely N-dealkylation sites (tertiary alicyclic amines) is 1. The summed E-state index contributed by atoms with van der Waals surface area (Å²) in [5.74, 6) is 0.00620. The van der Waals surface area contributed by atoms with Crippen molar-refractivity contribution in [2.24, 2.45) is 0 Å². The van der Waals surface area contributed by atoms with Crippen molar-refractivity contribution < 1.29 is 4.39 Å². The van der Waals surface area contributed by atoms with Gasteiger partial charge in [0.05, 0.1) is 22.6 Å². The molecule has 0 atom stereocenters. The zero-order valence-corrected chi connectivity index (χ0v) is 16.6. The fraction of sp³-hybridized carbons (Fsp3) is 0.227. The second-order valence-corrected chi connectivity index (χ2v) is 7.81. The van der Waals surface area contributed by atoms with Crippen LogP contribution in [0.15, 0.2) is 43.0 Å². The van der Waals surface area contributed by atoms with Crippen LogP contribution in [0.2, 0.25) is 0 Å². The van der Waals surface area contributed by atoms with Gasteiger partial charge in [0.15, 0.2) is 17.3 Å². The lowest BCUT2D eigenvalue weighted by Crippen LogP contribution is -2.18. The number of hydrogen-bond acceptors (Lipinski definition) is 6. The van der Waals surface area contributed by atoms with E-state index < -0.39 is 5.82 Å². The van der Waals surface area contributed by atoms with Crippen LogP contribution in [-0.4, -0.2) is 53.1 Å². The molecule has 5 aromatic rings. The van der Waals surface area contributed by atoms with E-state index in [9.17, 15) is 0 Å². The van der Waals surface area contributed by atoms with Gasteiger partial charge in [-0.05, 0) is 49.7 Å². The molecule has 0 bridgehead atoms. The summed E-state index contributed by atoms with van der Waals surface area (Å²) in [6.45, 7) is 2.99. The number of halogens is 1. The molecule has 0 aliphatic carbocycles. The first kappa shape index (κ1) is 18.1. The van der Waals surface area contributed by atoms with E-state index in [0.29, 0.717) is 33.6 Å². The Labute approximate surface area is 176 Å². The van der Waals surface area contributed by atoms with E-state index in [2.05, 4.69) is 40.0 Å². The second-order valence-electron chi connectivity index (χ2n) is 7.81. The molecule has 31 heavy (non-hydrogen) atoms. The van der Waals surface area contributed by atoms with Crippen molar-refractivity contribution in [3.63, 3.8) is 0 Å². The minimum atomic E-state index is -0.449. The maximum atomic E-state index is 15.7. The van der Waals surface area contributed by atoms with E-state index in [1.165, 1.54) is 12.8 Å². The second kappa shape index (κ2) is 7.21. The highest BCUT2D eigenvalue weighted by atomic mass is 19.1. The molecule has 6 heterocycles. The first-order valence-electron chi connectivity index (χ1n) is 10.3. The van der Waals surface area contributed by atoms with Crippen LogP contribution in [0.25, 0.3) is 44.8 Å². The fourth-order valence-corrected chi connectivity index (χ4v) is 4.21. The molecule has 0 spiro atoms. The first-order valence-corrected chi connectivity index (χ1v) is 10.3. The largest absolute Gasteiger partial charge is 0.335 e. The summed E-state index contributed by atoms with van der Waals surface area (Å²) in [6, 6.07) is 5.65. The van der Waals surface area contributed by atoms with Crippen LogP contribution in [0, 0.1) is 5.82 Å². The third-order valence-electron chi connectivity index (χ3n) is 5.70. The Morgan fingerprint density at radius 2 is 1.94 bits per heavy atom. The van der Waals surface area contributed by atoms with Crippen LogP contribution in [0.5, 0.6) is 0 Å². The number of aromatic amines is 2. The molecule has 1 aliphatic heterocycles. The molecule has 8 nitrogen and oxygen atoms in total. The summed E-state index contributed by atoms with van der Waals surface area (Å²) in [5.41, 5.74) is 4.18. The third kappa shape index (κ3) is 3.14. The van der Waals surface area contributed by atoms with Crippen molar-refractivity contribution in [1.29, 1.82) is 0 Å². The average Bonchev–Trinajstić information content (AvgIpc) is 3.53. The van der Waals surface area contributed by atoms with Crippen LogP contribution in [0.1, 0.15) is 18.4 Å². The summed E-state index contributed by atoms with van der Waals surface area (Å²) < 4.78 is 15.7. The van der Waals surface area contributed by atoms with E-state index in [-0.39, 0.29) is 5.69 Å². The van der Waals surface area contributed by atoms with E-state index in [4.69, 9.17) is 0 Å². The molecule has 6 rings (SSSR count). The average molecular weight is 414 g/mol. The molecule has 0 aromatic carbocycles. The van der Waals surface area contributed by atoms with Gasteiger partial charge in [-0.15, -0.1) is 0 Å². The molecule has 1 aliphatic rings. The number of fused-ring (bicyclic) bond motifs is 2. The molecular weight excluding hydrogens is 395 g/mol. The van der Waals surface area contributed by atoms with Gasteiger partial charge in [0.2, 0.25) is 0 Å². The molecule has 1 fully saturated rings. The smallest absolute Gasteiger partial charge is 0.178 e. The van der Waals surface area contributed by atoms with Crippen molar-refractivity contribution in [3.8, 4) is 22.8 Å². The van der Waals surface area contributed by atoms with Crippen LogP contribution in [-0.2, 0) is 6.54 Å². The molecule has 0 saturated carbocycles. The summed E-state index contributed by atoms with van der Waals surface area (Å²) >= 11 is 0. The number of imidazole rings is 1. The summed E-state index contributed by atoms with van der Waals surface area (Å²) in [7, 11) is 0. The number of nitrogens with one attached hydrogen (secondary N) is 2. The summed E-state index contributed by atoms with van der Waals surface area (Å²) in [4.78, 5) is 22.9. The van der Waals surface area contributed by atoms with E-state index >= 15 is 4.39 Å². The Morgan fingerprint density at radius 3 is 2.81 bits per heavy atom. The Morgan fingerprint density at radius 1 is 1.03 bits per heavy atom. The summed E-state index contributed by atoms with van der Waals surface area (Å²) in [6.07, 6.45) is 9.19. The molecule has 0 amide bonds. The molecule has 0 unspecified atom stereocenters. The quantitative estimate of drug-likeness (QED) is 0.465. The highest BCUT2D eigenvalue weighted by molar-refractivity contribution is 5.94. The predicted molar refractivity (Wildman–Crippen MR) is 114 cm³/mol. The highest BCUT2D eigenvalue weighted by Crippen LogP contribution is 2.32. The molecule has 2 N–H and O–H groups in total. The van der Waals surface area contributed by atoms with Gasteiger partial charge in [-0.2, -0.15) is 5.10 Å². The van der Waals surface area contributed by atoms with E-state index in [0.717, 1.165) is 30.7 Å². The fourth-order valence-electron chi connectivity index (χ4n) is 4.21. The number of pyridine rings is 3. The number of rotatable bonds is 4. The lowest BCUT2D eigenvalue weighted by atomic mass is 10.1. The van der Waals surface area contributed by atoms with Crippen molar-refractivity contribution in [2.45, 2.75) is 19.4 Å². The monoisotopic (exact) mass is 414 g/mol. The lowest BCUT2D eigenvalue weighted by molar-refractivity contribution is 0.331. The van der Waals surface area contributed by atoms with Crippen molar-refractivity contribution in [2.75, 3.05) is 13.1 Å². The molecule has 0 radical (unpaired) electrons. The van der Waals surface area contributed by atoms with Crippen molar-refractivity contribution >= 4 is 22.1 Å². The normalized spacial score (nSPS) is 14.7. The van der Waals surface area contributed by atoms with E-state index in [1.807, 2.05) is 24.4 Å². The predicted octanol–water partition coefficient (Wildman–Crippen LogP) is 3.69. The minimum absolute atomic E-state index is 0.250. The van der Waals surface area contributed by atoms with Gasteiger partial charge < -0.3 is 4.98 Å². The topological polar surface area (TPSA) is 99.3 Å². The van der Waals surface area contributed by atoms with Crippen LogP contribution in [0.3, 0.4) is 0 Å². The van der Waals surface area contributed by atoms with Gasteiger partial charge in [0.25, 0.3) is 0 Å². The van der Waals surface area contributed by atoms with Crippen LogP contribution < -0.4 is 0 Å². The van der Waals surface area contributed by atoms with E-state index in [1.54, 1.807) is 18.6 Å². The standard InChI is InChI=1S/C22H19FN8/c23-18-17-16(29-30-20(17)22-27-15-4-3-5-25-21(15)28-22)11-26-19(18)14-8-13(9-24-10-14)12-31-6-1-2-7-31/h3-5,8-11H,1-2,6-7,12H2,(H,29,30)(H,25,27,28). The summed E-state index contributed by atoms with van der Waals surface area (Å²) in [5, 5.41) is 7.49.